The molecule has 4 heteroatoms. The predicted molar refractivity (Wildman–Crippen MR) is 56.3 cm³/mol. The van der Waals surface area contributed by atoms with E-state index in [0.29, 0.717) is 0 Å². The molecule has 0 aromatic carbocycles. The SMILES string of the molecule is CC(C)=CC(NN)c1csc(C)n1. The summed E-state index contributed by atoms with van der Waals surface area (Å²) >= 11 is 1.64. The van der Waals surface area contributed by atoms with Gasteiger partial charge in [0.25, 0.3) is 0 Å². The fourth-order valence-corrected chi connectivity index (χ4v) is 1.72. The summed E-state index contributed by atoms with van der Waals surface area (Å²) in [6, 6.07) is 0.0370. The van der Waals surface area contributed by atoms with Crippen molar-refractivity contribution in [3.8, 4) is 0 Å². The van der Waals surface area contributed by atoms with Crippen LogP contribution in [0.5, 0.6) is 0 Å². The average Bonchev–Trinajstić information content (AvgIpc) is 2.47. The van der Waals surface area contributed by atoms with E-state index in [2.05, 4.69) is 16.5 Å². The van der Waals surface area contributed by atoms with E-state index in [1.807, 2.05) is 26.2 Å². The third kappa shape index (κ3) is 2.91. The molecular formula is C9H15N3S. The Labute approximate surface area is 82.7 Å². The summed E-state index contributed by atoms with van der Waals surface area (Å²) in [5.41, 5.74) is 4.95. The van der Waals surface area contributed by atoms with Gasteiger partial charge in [0.15, 0.2) is 0 Å². The molecular weight excluding hydrogens is 182 g/mol. The zero-order valence-electron chi connectivity index (χ0n) is 8.16. The zero-order chi connectivity index (χ0) is 9.84. The van der Waals surface area contributed by atoms with Gasteiger partial charge in [0.05, 0.1) is 16.7 Å². The molecule has 0 aliphatic heterocycles. The molecule has 0 spiro atoms. The Morgan fingerprint density at radius 3 is 2.77 bits per heavy atom. The largest absolute Gasteiger partial charge is 0.271 e. The van der Waals surface area contributed by atoms with Gasteiger partial charge in [-0.05, 0) is 20.8 Å². The molecule has 72 valence electrons. The van der Waals surface area contributed by atoms with Gasteiger partial charge in [-0.2, -0.15) is 0 Å². The molecule has 1 atom stereocenters. The van der Waals surface area contributed by atoms with E-state index in [1.165, 1.54) is 5.57 Å². The predicted octanol–water partition coefficient (Wildman–Crippen LogP) is 1.92. The van der Waals surface area contributed by atoms with E-state index in [4.69, 9.17) is 5.84 Å². The van der Waals surface area contributed by atoms with Crippen molar-refractivity contribution >= 4 is 11.3 Å². The number of nitrogens with zero attached hydrogens (tertiary/aromatic N) is 1. The quantitative estimate of drug-likeness (QED) is 0.442. The average molecular weight is 197 g/mol. The molecule has 1 unspecified atom stereocenters. The number of thiazole rings is 1. The molecule has 0 saturated heterocycles. The lowest BCUT2D eigenvalue weighted by Gasteiger charge is -2.08. The second-order valence-electron chi connectivity index (χ2n) is 3.18. The summed E-state index contributed by atoms with van der Waals surface area (Å²) < 4.78 is 0. The van der Waals surface area contributed by atoms with E-state index >= 15 is 0 Å². The van der Waals surface area contributed by atoms with Crippen molar-refractivity contribution in [1.82, 2.24) is 10.4 Å². The number of allylic oxidation sites excluding steroid dienone is 1. The molecule has 1 aromatic heterocycles. The number of hydrazine groups is 1. The monoisotopic (exact) mass is 197 g/mol. The summed E-state index contributed by atoms with van der Waals surface area (Å²) in [7, 11) is 0. The van der Waals surface area contributed by atoms with Gasteiger partial charge in [-0.3, -0.25) is 5.84 Å². The fraction of sp³-hybridized carbons (Fsp3) is 0.444. The first-order valence-corrected chi connectivity index (χ1v) is 5.04. The Kier molecular flexibility index (Phi) is 3.59. The minimum atomic E-state index is 0.0370. The molecule has 1 rings (SSSR count). The zero-order valence-corrected chi connectivity index (χ0v) is 8.98. The van der Waals surface area contributed by atoms with Crippen LogP contribution in [0.25, 0.3) is 0 Å². The second kappa shape index (κ2) is 4.50. The summed E-state index contributed by atoms with van der Waals surface area (Å²) in [4.78, 5) is 4.37. The number of aromatic nitrogens is 1. The van der Waals surface area contributed by atoms with Gasteiger partial charge in [-0.1, -0.05) is 11.6 Å². The smallest absolute Gasteiger partial charge is 0.0898 e. The Morgan fingerprint density at radius 1 is 1.69 bits per heavy atom. The van der Waals surface area contributed by atoms with E-state index in [0.717, 1.165) is 10.7 Å². The van der Waals surface area contributed by atoms with E-state index in [-0.39, 0.29) is 6.04 Å². The van der Waals surface area contributed by atoms with Crippen molar-refractivity contribution in [2.75, 3.05) is 0 Å². The van der Waals surface area contributed by atoms with Crippen molar-refractivity contribution in [3.63, 3.8) is 0 Å². The maximum Gasteiger partial charge on any atom is 0.0898 e. The number of hydrogen-bond donors (Lipinski definition) is 2. The van der Waals surface area contributed by atoms with Gasteiger partial charge in [0.2, 0.25) is 0 Å². The molecule has 3 nitrogen and oxygen atoms in total. The van der Waals surface area contributed by atoms with Crippen LogP contribution in [0.4, 0.5) is 0 Å². The van der Waals surface area contributed by atoms with Crippen LogP contribution in [0.15, 0.2) is 17.0 Å². The highest BCUT2D eigenvalue weighted by Gasteiger charge is 2.08. The first-order chi connectivity index (χ1) is 6.13. The lowest BCUT2D eigenvalue weighted by atomic mass is 10.2. The van der Waals surface area contributed by atoms with Crippen molar-refractivity contribution in [2.45, 2.75) is 26.8 Å². The fourth-order valence-electron chi connectivity index (χ4n) is 1.08. The molecule has 13 heavy (non-hydrogen) atoms. The molecule has 0 aliphatic carbocycles. The molecule has 0 saturated carbocycles. The van der Waals surface area contributed by atoms with Crippen molar-refractivity contribution in [3.05, 3.63) is 27.7 Å². The number of nitrogens with two attached hydrogens (primary N) is 1. The highest BCUT2D eigenvalue weighted by atomic mass is 32.1. The Hall–Kier alpha value is -0.710. The molecule has 1 aromatic rings. The highest BCUT2D eigenvalue weighted by Crippen LogP contribution is 2.17. The third-order valence-electron chi connectivity index (χ3n) is 1.63. The van der Waals surface area contributed by atoms with Gasteiger partial charge in [0.1, 0.15) is 0 Å². The van der Waals surface area contributed by atoms with Crippen LogP contribution in [-0.2, 0) is 0 Å². The van der Waals surface area contributed by atoms with E-state index in [9.17, 15) is 0 Å². The molecule has 0 radical (unpaired) electrons. The molecule has 0 bridgehead atoms. The maximum atomic E-state index is 5.43. The van der Waals surface area contributed by atoms with E-state index in [1.54, 1.807) is 11.3 Å². The molecule has 1 heterocycles. The maximum absolute atomic E-state index is 5.43. The summed E-state index contributed by atoms with van der Waals surface area (Å²) in [5, 5.41) is 3.09. The van der Waals surface area contributed by atoms with Crippen LogP contribution in [0.2, 0.25) is 0 Å². The molecule has 0 aliphatic rings. The number of nitrogens with one attached hydrogen (secondary N) is 1. The second-order valence-corrected chi connectivity index (χ2v) is 4.24. The Bertz CT molecular complexity index is 300. The topological polar surface area (TPSA) is 50.9 Å². The van der Waals surface area contributed by atoms with Gasteiger partial charge in [-0.15, -0.1) is 11.3 Å². The number of aryl methyl sites for hydroxylation is 1. The molecule has 0 amide bonds. The standard InChI is InChI=1S/C9H15N3S/c1-6(2)4-8(12-10)9-5-13-7(3)11-9/h4-5,8,12H,10H2,1-3H3. The molecule has 0 fully saturated rings. The summed E-state index contributed by atoms with van der Waals surface area (Å²) in [5.74, 6) is 5.43. The van der Waals surface area contributed by atoms with Crippen LogP contribution >= 0.6 is 11.3 Å². The summed E-state index contributed by atoms with van der Waals surface area (Å²) in [6.45, 7) is 6.08. The Balaban J connectivity index is 2.84. The third-order valence-corrected chi connectivity index (χ3v) is 2.43. The van der Waals surface area contributed by atoms with E-state index < -0.39 is 0 Å². The van der Waals surface area contributed by atoms with Crippen molar-refractivity contribution in [2.24, 2.45) is 5.84 Å². The molecule has 3 N–H and O–H groups in total. The first kappa shape index (κ1) is 10.4. The minimum absolute atomic E-state index is 0.0370. The van der Waals surface area contributed by atoms with Crippen LogP contribution < -0.4 is 11.3 Å². The minimum Gasteiger partial charge on any atom is -0.271 e. The van der Waals surface area contributed by atoms with Crippen LogP contribution in [0, 0.1) is 6.92 Å². The number of rotatable bonds is 3. The van der Waals surface area contributed by atoms with Gasteiger partial charge in [-0.25, -0.2) is 10.4 Å². The number of hydrogen-bond acceptors (Lipinski definition) is 4. The first-order valence-electron chi connectivity index (χ1n) is 4.16. The van der Waals surface area contributed by atoms with Crippen LogP contribution in [0.1, 0.15) is 30.6 Å². The van der Waals surface area contributed by atoms with Crippen LogP contribution in [0.3, 0.4) is 0 Å². The highest BCUT2D eigenvalue weighted by molar-refractivity contribution is 7.09. The van der Waals surface area contributed by atoms with Gasteiger partial charge in [0, 0.05) is 5.38 Å². The van der Waals surface area contributed by atoms with Gasteiger partial charge < -0.3 is 0 Å². The normalized spacial score (nSPS) is 12.6. The van der Waals surface area contributed by atoms with Crippen molar-refractivity contribution < 1.29 is 0 Å². The summed E-state index contributed by atoms with van der Waals surface area (Å²) in [6.07, 6.45) is 2.06. The van der Waals surface area contributed by atoms with Crippen LogP contribution in [-0.4, -0.2) is 4.98 Å². The Morgan fingerprint density at radius 2 is 2.38 bits per heavy atom. The lowest BCUT2D eigenvalue weighted by molar-refractivity contribution is 0.637. The lowest BCUT2D eigenvalue weighted by Crippen LogP contribution is -2.27. The van der Waals surface area contributed by atoms with Gasteiger partial charge >= 0.3 is 0 Å². The van der Waals surface area contributed by atoms with Crippen molar-refractivity contribution in [1.29, 1.82) is 0 Å².